The number of hydrogen-bond acceptors (Lipinski definition) is 5. The van der Waals surface area contributed by atoms with Crippen molar-refractivity contribution in [2.75, 3.05) is 0 Å². The summed E-state index contributed by atoms with van der Waals surface area (Å²) in [5.41, 5.74) is 7.25. The lowest BCUT2D eigenvalue weighted by Crippen LogP contribution is -1.86. The molecule has 0 aliphatic carbocycles. The molecule has 0 bridgehead atoms. The van der Waals surface area contributed by atoms with Crippen molar-refractivity contribution in [3.63, 3.8) is 0 Å². The molecule has 0 amide bonds. The number of nitrogens with zero attached hydrogens (tertiary/aromatic N) is 6. The zero-order chi connectivity index (χ0) is 20.1. The molecule has 0 aliphatic rings. The predicted octanol–water partition coefficient (Wildman–Crippen LogP) is 3.96. The molecule has 0 saturated heterocycles. The lowest BCUT2D eigenvalue weighted by Gasteiger charge is -1.99. The number of hydrogen-bond donors (Lipinski definition) is 2. The summed E-state index contributed by atoms with van der Waals surface area (Å²) >= 11 is 0. The van der Waals surface area contributed by atoms with Crippen molar-refractivity contribution < 1.29 is 0 Å². The molecule has 30 heavy (non-hydrogen) atoms. The van der Waals surface area contributed by atoms with E-state index >= 15 is 0 Å². The third-order valence-corrected chi connectivity index (χ3v) is 5.16. The van der Waals surface area contributed by atoms with Gasteiger partial charge in [0.25, 0.3) is 0 Å². The molecular weight excluding hydrogens is 376 g/mol. The van der Waals surface area contributed by atoms with Gasteiger partial charge in [0.15, 0.2) is 5.82 Å². The molecule has 0 spiro atoms. The van der Waals surface area contributed by atoms with Gasteiger partial charge in [-0.2, -0.15) is 10.2 Å². The van der Waals surface area contributed by atoms with E-state index in [-0.39, 0.29) is 0 Å². The van der Waals surface area contributed by atoms with Gasteiger partial charge in [0.05, 0.1) is 22.9 Å². The number of H-pyrrole nitrogens is 2. The van der Waals surface area contributed by atoms with Gasteiger partial charge in [0, 0.05) is 48.3 Å². The zero-order valence-corrected chi connectivity index (χ0v) is 16.0. The molecule has 5 heterocycles. The van der Waals surface area contributed by atoms with Crippen LogP contribution in [0, 0.1) is 0 Å². The van der Waals surface area contributed by atoms with Gasteiger partial charge >= 0.3 is 0 Å². The molecule has 6 rings (SSSR count). The maximum Gasteiger partial charge on any atom is 0.159 e. The van der Waals surface area contributed by atoms with Crippen LogP contribution in [0.25, 0.3) is 55.8 Å². The van der Waals surface area contributed by atoms with Crippen LogP contribution >= 0.6 is 0 Å². The van der Waals surface area contributed by atoms with Gasteiger partial charge in [0.1, 0.15) is 11.2 Å². The summed E-state index contributed by atoms with van der Waals surface area (Å²) in [5, 5.41) is 12.9. The van der Waals surface area contributed by atoms with Gasteiger partial charge in [-0.15, -0.1) is 0 Å². The summed E-state index contributed by atoms with van der Waals surface area (Å²) in [6.07, 6.45) is 9.16. The van der Waals surface area contributed by atoms with E-state index in [1.807, 2.05) is 43.7 Å². The van der Waals surface area contributed by atoms with E-state index in [4.69, 9.17) is 4.98 Å². The smallest absolute Gasteiger partial charge is 0.159 e. The van der Waals surface area contributed by atoms with E-state index in [0.717, 1.165) is 50.0 Å². The molecule has 0 saturated carbocycles. The highest BCUT2D eigenvalue weighted by Crippen LogP contribution is 2.32. The van der Waals surface area contributed by atoms with Crippen molar-refractivity contribution in [3.8, 4) is 33.9 Å². The molecular formula is C22H16N8. The molecule has 144 valence electrons. The van der Waals surface area contributed by atoms with E-state index in [2.05, 4.69) is 42.4 Å². The molecule has 2 N–H and O–H groups in total. The summed E-state index contributed by atoms with van der Waals surface area (Å²) in [4.78, 5) is 17.0. The molecule has 8 nitrogen and oxygen atoms in total. The minimum Gasteiger partial charge on any atom is -0.336 e. The second-order valence-electron chi connectivity index (χ2n) is 7.12. The van der Waals surface area contributed by atoms with Crippen molar-refractivity contribution in [1.29, 1.82) is 0 Å². The van der Waals surface area contributed by atoms with Crippen molar-refractivity contribution in [2.45, 2.75) is 0 Å². The Balaban J connectivity index is 1.52. The fourth-order valence-corrected chi connectivity index (χ4v) is 3.71. The van der Waals surface area contributed by atoms with Crippen LogP contribution in [-0.2, 0) is 7.05 Å². The van der Waals surface area contributed by atoms with E-state index in [1.165, 1.54) is 0 Å². The van der Waals surface area contributed by atoms with Gasteiger partial charge in [-0.25, -0.2) is 4.98 Å². The second kappa shape index (κ2) is 6.35. The second-order valence-corrected chi connectivity index (χ2v) is 7.12. The van der Waals surface area contributed by atoms with Gasteiger partial charge in [0.2, 0.25) is 0 Å². The van der Waals surface area contributed by atoms with Crippen molar-refractivity contribution in [2.24, 2.45) is 7.05 Å². The maximum atomic E-state index is 4.84. The summed E-state index contributed by atoms with van der Waals surface area (Å²) in [6.45, 7) is 0. The summed E-state index contributed by atoms with van der Waals surface area (Å²) in [6, 6.07) is 12.0. The first-order valence-corrected chi connectivity index (χ1v) is 9.49. The number of rotatable bonds is 3. The monoisotopic (exact) mass is 392 g/mol. The molecule has 0 aliphatic heterocycles. The molecule has 8 heteroatoms. The minimum atomic E-state index is 0.692. The van der Waals surface area contributed by atoms with Crippen LogP contribution in [0.5, 0.6) is 0 Å². The molecule has 0 unspecified atom stereocenters. The fraction of sp³-hybridized carbons (Fsp3) is 0.0455. The van der Waals surface area contributed by atoms with Gasteiger partial charge in [-0.05, 0) is 35.9 Å². The normalized spacial score (nSPS) is 11.5. The minimum absolute atomic E-state index is 0.692. The highest BCUT2D eigenvalue weighted by Gasteiger charge is 2.16. The Morgan fingerprint density at radius 2 is 1.87 bits per heavy atom. The molecule has 0 atom stereocenters. The lowest BCUT2D eigenvalue weighted by molar-refractivity contribution is 0.768. The summed E-state index contributed by atoms with van der Waals surface area (Å²) in [5.74, 6) is 0.692. The third-order valence-electron chi connectivity index (χ3n) is 5.16. The van der Waals surface area contributed by atoms with Crippen LogP contribution < -0.4 is 0 Å². The first-order valence-electron chi connectivity index (χ1n) is 9.49. The molecule has 6 aromatic rings. The fourth-order valence-electron chi connectivity index (χ4n) is 3.71. The van der Waals surface area contributed by atoms with Crippen molar-refractivity contribution in [1.82, 2.24) is 39.9 Å². The van der Waals surface area contributed by atoms with Crippen molar-refractivity contribution >= 4 is 21.9 Å². The van der Waals surface area contributed by atoms with E-state index in [0.29, 0.717) is 5.82 Å². The number of aromatic amines is 2. The highest BCUT2D eigenvalue weighted by molar-refractivity contribution is 5.97. The van der Waals surface area contributed by atoms with Crippen LogP contribution in [0.4, 0.5) is 0 Å². The molecule has 5 aromatic heterocycles. The number of aromatic nitrogens is 8. The first kappa shape index (κ1) is 16.6. The van der Waals surface area contributed by atoms with Crippen LogP contribution in [-0.4, -0.2) is 39.9 Å². The number of benzene rings is 1. The SMILES string of the molecule is Cn1cc(-c2ccc3[nH]nc(-c4nc5c(-c6cccnc6)nccc5[nH]4)c3c2)cn1. The van der Waals surface area contributed by atoms with Crippen molar-refractivity contribution in [3.05, 3.63) is 67.4 Å². The van der Waals surface area contributed by atoms with Crippen LogP contribution in [0.2, 0.25) is 0 Å². The maximum absolute atomic E-state index is 4.84. The van der Waals surface area contributed by atoms with Gasteiger partial charge in [-0.1, -0.05) is 6.07 Å². The van der Waals surface area contributed by atoms with Crippen LogP contribution in [0.3, 0.4) is 0 Å². The topological polar surface area (TPSA) is 101 Å². The Morgan fingerprint density at radius 1 is 0.900 bits per heavy atom. The summed E-state index contributed by atoms with van der Waals surface area (Å²) in [7, 11) is 1.91. The van der Waals surface area contributed by atoms with Crippen LogP contribution in [0.15, 0.2) is 67.4 Å². The number of pyridine rings is 2. The lowest BCUT2D eigenvalue weighted by atomic mass is 10.1. The van der Waals surface area contributed by atoms with Gasteiger partial charge < -0.3 is 4.98 Å². The first-order chi connectivity index (χ1) is 14.8. The molecule has 1 aromatic carbocycles. The predicted molar refractivity (Wildman–Crippen MR) is 114 cm³/mol. The quantitative estimate of drug-likeness (QED) is 0.475. The number of fused-ring (bicyclic) bond motifs is 2. The third kappa shape index (κ3) is 2.58. The number of aryl methyl sites for hydroxylation is 1. The Bertz CT molecular complexity index is 1510. The Labute approximate surface area is 170 Å². The molecule has 0 fully saturated rings. The number of imidazole rings is 1. The van der Waals surface area contributed by atoms with E-state index in [9.17, 15) is 0 Å². The molecule has 0 radical (unpaired) electrons. The Kier molecular flexibility index (Phi) is 3.51. The number of nitrogens with one attached hydrogen (secondary N) is 2. The summed E-state index contributed by atoms with van der Waals surface area (Å²) < 4.78 is 1.79. The Hall–Kier alpha value is -4.33. The average molecular weight is 392 g/mol. The van der Waals surface area contributed by atoms with E-state index in [1.54, 1.807) is 23.3 Å². The highest BCUT2D eigenvalue weighted by atomic mass is 15.2. The van der Waals surface area contributed by atoms with E-state index < -0.39 is 0 Å². The Morgan fingerprint density at radius 3 is 2.70 bits per heavy atom. The van der Waals surface area contributed by atoms with Crippen LogP contribution in [0.1, 0.15) is 0 Å². The van der Waals surface area contributed by atoms with Gasteiger partial charge in [-0.3, -0.25) is 19.7 Å². The largest absolute Gasteiger partial charge is 0.336 e. The average Bonchev–Trinajstić information content (AvgIpc) is 3.50. The standard InChI is InChI=1S/C22H16N8/c1-30-12-15(11-25-30)13-4-5-17-16(9-13)20(29-28-17)22-26-18-6-8-24-19(21(18)27-22)14-3-2-7-23-10-14/h2-12H,1H3,(H,26,27)(H,28,29). The zero-order valence-electron chi connectivity index (χ0n) is 16.0.